The van der Waals surface area contributed by atoms with E-state index in [0.717, 1.165) is 15.7 Å². The first kappa shape index (κ1) is 19.5. The predicted molar refractivity (Wildman–Crippen MR) is 97.1 cm³/mol. The molecule has 0 radical (unpaired) electrons. The molecular weight excluding hydrogens is 332 g/mol. The summed E-state index contributed by atoms with van der Waals surface area (Å²) in [5, 5.41) is 3.77. The SMILES string of the molecule is Cl.Cn1ccnc1Sc1ccc(NC(=O)[C@@H](N)C(C)(C)C)cc1. The Morgan fingerprint density at radius 2 is 1.91 bits per heavy atom. The van der Waals surface area contributed by atoms with E-state index in [2.05, 4.69) is 10.3 Å². The van der Waals surface area contributed by atoms with Gasteiger partial charge >= 0.3 is 0 Å². The fraction of sp³-hybridized carbons (Fsp3) is 0.375. The molecule has 1 heterocycles. The van der Waals surface area contributed by atoms with Crippen molar-refractivity contribution in [3.8, 4) is 0 Å². The van der Waals surface area contributed by atoms with Gasteiger partial charge < -0.3 is 15.6 Å². The van der Waals surface area contributed by atoms with Gasteiger partial charge in [-0.15, -0.1) is 12.4 Å². The molecule has 2 aromatic rings. The number of hydrogen-bond donors (Lipinski definition) is 2. The summed E-state index contributed by atoms with van der Waals surface area (Å²) in [6.45, 7) is 5.84. The first-order valence-electron chi connectivity index (χ1n) is 7.09. The average molecular weight is 355 g/mol. The monoisotopic (exact) mass is 354 g/mol. The molecule has 0 unspecified atom stereocenters. The number of carbonyl (C=O) groups excluding carboxylic acids is 1. The number of carbonyl (C=O) groups is 1. The summed E-state index contributed by atoms with van der Waals surface area (Å²) in [5.41, 5.74) is 6.43. The van der Waals surface area contributed by atoms with Gasteiger partial charge in [0, 0.05) is 30.0 Å². The predicted octanol–water partition coefficient (Wildman–Crippen LogP) is 3.31. The third-order valence-electron chi connectivity index (χ3n) is 3.32. The van der Waals surface area contributed by atoms with Gasteiger partial charge in [-0.3, -0.25) is 4.79 Å². The molecule has 0 saturated heterocycles. The van der Waals surface area contributed by atoms with Crippen LogP contribution in [0.4, 0.5) is 5.69 Å². The van der Waals surface area contributed by atoms with Gasteiger partial charge in [-0.1, -0.05) is 32.5 Å². The number of amides is 1. The molecule has 1 atom stereocenters. The van der Waals surface area contributed by atoms with Crippen LogP contribution in [0.5, 0.6) is 0 Å². The summed E-state index contributed by atoms with van der Waals surface area (Å²) in [4.78, 5) is 17.4. The first-order valence-corrected chi connectivity index (χ1v) is 7.91. The van der Waals surface area contributed by atoms with E-state index in [1.807, 2.05) is 62.8 Å². The van der Waals surface area contributed by atoms with Gasteiger partial charge in [-0.05, 0) is 29.7 Å². The van der Waals surface area contributed by atoms with Crippen molar-refractivity contribution in [3.05, 3.63) is 36.7 Å². The highest BCUT2D eigenvalue weighted by Crippen LogP contribution is 2.27. The molecule has 0 saturated carbocycles. The molecule has 1 amide bonds. The van der Waals surface area contributed by atoms with Crippen LogP contribution in [-0.4, -0.2) is 21.5 Å². The number of imidazole rings is 1. The second kappa shape index (κ2) is 7.86. The van der Waals surface area contributed by atoms with Crippen LogP contribution >= 0.6 is 24.2 Å². The number of aromatic nitrogens is 2. The van der Waals surface area contributed by atoms with Crippen molar-refractivity contribution < 1.29 is 4.79 Å². The van der Waals surface area contributed by atoms with Crippen molar-refractivity contribution in [3.63, 3.8) is 0 Å². The Morgan fingerprint density at radius 3 is 2.39 bits per heavy atom. The number of benzene rings is 1. The normalized spacial score (nSPS) is 12.4. The Labute approximate surface area is 147 Å². The molecule has 3 N–H and O–H groups in total. The molecule has 0 fully saturated rings. The summed E-state index contributed by atoms with van der Waals surface area (Å²) >= 11 is 1.57. The summed E-state index contributed by atoms with van der Waals surface area (Å²) in [7, 11) is 1.96. The molecule has 126 valence electrons. The zero-order chi connectivity index (χ0) is 16.3. The van der Waals surface area contributed by atoms with Gasteiger partial charge in [-0.25, -0.2) is 4.98 Å². The summed E-state index contributed by atoms with van der Waals surface area (Å²) < 4.78 is 1.96. The number of nitrogens with one attached hydrogen (secondary N) is 1. The smallest absolute Gasteiger partial charge is 0.241 e. The minimum Gasteiger partial charge on any atom is -0.329 e. The van der Waals surface area contributed by atoms with Crippen LogP contribution in [-0.2, 0) is 11.8 Å². The molecule has 0 aliphatic heterocycles. The van der Waals surface area contributed by atoms with Gasteiger partial charge in [0.05, 0.1) is 6.04 Å². The first-order chi connectivity index (χ1) is 10.3. The maximum atomic E-state index is 12.1. The molecule has 7 heteroatoms. The molecule has 0 aliphatic carbocycles. The minimum atomic E-state index is -0.547. The fourth-order valence-electron chi connectivity index (χ4n) is 1.78. The Kier molecular flexibility index (Phi) is 6.68. The number of halogens is 1. The fourth-order valence-corrected chi connectivity index (χ4v) is 2.58. The molecule has 2 rings (SSSR count). The van der Waals surface area contributed by atoms with Crippen LogP contribution in [0.25, 0.3) is 0 Å². The third kappa shape index (κ3) is 5.27. The standard InChI is InChI=1S/C16H22N4OS.ClH/c1-16(2,3)13(17)14(21)19-11-5-7-12(8-6-11)22-15-18-9-10-20(15)4;/h5-10,13H,17H2,1-4H3,(H,19,21);1H/t13-;/m1./s1. The number of anilines is 1. The highest BCUT2D eigenvalue weighted by atomic mass is 35.5. The van der Waals surface area contributed by atoms with Crippen LogP contribution in [0, 0.1) is 5.41 Å². The van der Waals surface area contributed by atoms with Crippen LogP contribution in [0.15, 0.2) is 46.7 Å². The van der Waals surface area contributed by atoms with Gasteiger partial charge in [0.15, 0.2) is 5.16 Å². The van der Waals surface area contributed by atoms with E-state index in [-0.39, 0.29) is 23.7 Å². The van der Waals surface area contributed by atoms with Crippen molar-refractivity contribution >= 4 is 35.8 Å². The topological polar surface area (TPSA) is 72.9 Å². The zero-order valence-corrected chi connectivity index (χ0v) is 15.4. The lowest BCUT2D eigenvalue weighted by Crippen LogP contribution is -2.45. The minimum absolute atomic E-state index is 0. The Morgan fingerprint density at radius 1 is 1.30 bits per heavy atom. The number of nitrogens with two attached hydrogens (primary N) is 1. The highest BCUT2D eigenvalue weighted by Gasteiger charge is 2.27. The van der Waals surface area contributed by atoms with E-state index in [0.29, 0.717) is 0 Å². The van der Waals surface area contributed by atoms with Crippen molar-refractivity contribution in [2.45, 2.75) is 36.9 Å². The second-order valence-electron chi connectivity index (χ2n) is 6.28. The third-order valence-corrected chi connectivity index (χ3v) is 4.41. The lowest BCUT2D eigenvalue weighted by molar-refractivity contribution is -0.119. The summed E-state index contributed by atoms with van der Waals surface area (Å²) in [6.07, 6.45) is 3.68. The molecule has 1 aromatic carbocycles. The van der Waals surface area contributed by atoms with Gasteiger partial charge in [0.25, 0.3) is 0 Å². The van der Waals surface area contributed by atoms with E-state index in [1.54, 1.807) is 18.0 Å². The maximum Gasteiger partial charge on any atom is 0.241 e. The van der Waals surface area contributed by atoms with Crippen LogP contribution < -0.4 is 11.1 Å². The van der Waals surface area contributed by atoms with Crippen LogP contribution in [0.2, 0.25) is 0 Å². The molecule has 5 nitrogen and oxygen atoms in total. The molecule has 23 heavy (non-hydrogen) atoms. The van der Waals surface area contributed by atoms with Crippen molar-refractivity contribution in [1.29, 1.82) is 0 Å². The molecule has 0 spiro atoms. The Hall–Kier alpha value is -1.50. The highest BCUT2D eigenvalue weighted by molar-refractivity contribution is 7.99. The van der Waals surface area contributed by atoms with Gasteiger partial charge in [-0.2, -0.15) is 0 Å². The van der Waals surface area contributed by atoms with E-state index in [9.17, 15) is 4.79 Å². The van der Waals surface area contributed by atoms with E-state index in [4.69, 9.17) is 5.73 Å². The number of rotatable bonds is 4. The van der Waals surface area contributed by atoms with Crippen LogP contribution in [0.3, 0.4) is 0 Å². The number of hydrogen-bond acceptors (Lipinski definition) is 4. The van der Waals surface area contributed by atoms with E-state index in [1.165, 1.54) is 0 Å². The zero-order valence-electron chi connectivity index (χ0n) is 13.7. The van der Waals surface area contributed by atoms with E-state index < -0.39 is 6.04 Å². The Bertz CT molecular complexity index is 649. The largest absolute Gasteiger partial charge is 0.329 e. The summed E-state index contributed by atoms with van der Waals surface area (Å²) in [6, 6.07) is 7.11. The van der Waals surface area contributed by atoms with Crippen molar-refractivity contribution in [2.24, 2.45) is 18.2 Å². The average Bonchev–Trinajstić information content (AvgIpc) is 2.84. The van der Waals surface area contributed by atoms with Crippen LogP contribution in [0.1, 0.15) is 20.8 Å². The van der Waals surface area contributed by atoms with Crippen molar-refractivity contribution in [1.82, 2.24) is 9.55 Å². The van der Waals surface area contributed by atoms with Crippen molar-refractivity contribution in [2.75, 3.05) is 5.32 Å². The quantitative estimate of drug-likeness (QED) is 0.883. The Balaban J connectivity index is 0.00000264. The second-order valence-corrected chi connectivity index (χ2v) is 7.32. The molecule has 0 aliphatic rings. The molecule has 1 aromatic heterocycles. The lowest BCUT2D eigenvalue weighted by atomic mass is 9.87. The molecule has 0 bridgehead atoms. The number of aryl methyl sites for hydroxylation is 1. The lowest BCUT2D eigenvalue weighted by Gasteiger charge is -2.25. The maximum absolute atomic E-state index is 12.1. The van der Waals surface area contributed by atoms with Gasteiger partial charge in [0.1, 0.15) is 0 Å². The van der Waals surface area contributed by atoms with Gasteiger partial charge in [0.2, 0.25) is 5.91 Å². The van der Waals surface area contributed by atoms with E-state index >= 15 is 0 Å². The number of nitrogens with zero attached hydrogens (tertiary/aromatic N) is 2. The molecular formula is C16H23ClN4OS. The summed E-state index contributed by atoms with van der Waals surface area (Å²) in [5.74, 6) is -0.169.